The van der Waals surface area contributed by atoms with Crippen LogP contribution in [0.2, 0.25) is 0 Å². The van der Waals surface area contributed by atoms with Gasteiger partial charge in [-0.25, -0.2) is 12.7 Å². The largest absolute Gasteiger partial charge is 0.333 e. The molecule has 0 bridgehead atoms. The summed E-state index contributed by atoms with van der Waals surface area (Å²) in [6.07, 6.45) is 0. The second-order valence-electron chi connectivity index (χ2n) is 6.89. The summed E-state index contributed by atoms with van der Waals surface area (Å²) in [5.74, 6) is -0.748. The Kier molecular flexibility index (Phi) is 4.36. The van der Waals surface area contributed by atoms with Crippen molar-refractivity contribution in [3.05, 3.63) is 29.3 Å². The lowest BCUT2D eigenvalue weighted by Crippen LogP contribution is -2.57. The molecular formula is C17H23N3O4S. The molecule has 2 amide bonds. The Bertz CT molecular complexity index is 834. The molecule has 0 radical (unpaired) electrons. The van der Waals surface area contributed by atoms with Crippen LogP contribution in [0.1, 0.15) is 48.4 Å². The lowest BCUT2D eigenvalue weighted by molar-refractivity contribution is 0.0602. The van der Waals surface area contributed by atoms with Gasteiger partial charge in [-0.15, -0.1) is 0 Å². The molecular weight excluding hydrogens is 342 g/mol. The van der Waals surface area contributed by atoms with Gasteiger partial charge in [0.25, 0.3) is 21.8 Å². The summed E-state index contributed by atoms with van der Waals surface area (Å²) in [5, 5.41) is 3.31. The first-order valence-electron chi connectivity index (χ1n) is 8.43. The second kappa shape index (κ2) is 6.10. The molecule has 0 saturated carbocycles. The highest BCUT2D eigenvalue weighted by Crippen LogP contribution is 2.33. The third kappa shape index (κ3) is 2.73. The summed E-state index contributed by atoms with van der Waals surface area (Å²) in [4.78, 5) is 26.9. The third-order valence-corrected chi connectivity index (χ3v) is 6.96. The summed E-state index contributed by atoms with van der Waals surface area (Å²) in [6, 6.07) is 4.01. The Balaban J connectivity index is 2.00. The number of nitrogens with zero attached hydrogens (tertiary/aromatic N) is 2. The molecule has 2 aliphatic heterocycles. The number of piperazine rings is 1. The number of sulfonamides is 1. The molecule has 0 aliphatic carbocycles. The van der Waals surface area contributed by atoms with Gasteiger partial charge in [0.05, 0.1) is 5.56 Å². The lowest BCUT2D eigenvalue weighted by atomic mass is 10.0. The van der Waals surface area contributed by atoms with E-state index in [9.17, 15) is 18.0 Å². The Hall–Kier alpha value is -1.93. The molecule has 7 nitrogen and oxygen atoms in total. The van der Waals surface area contributed by atoms with Crippen molar-refractivity contribution in [3.63, 3.8) is 0 Å². The van der Waals surface area contributed by atoms with Crippen molar-refractivity contribution in [3.8, 4) is 0 Å². The first-order chi connectivity index (χ1) is 11.7. The summed E-state index contributed by atoms with van der Waals surface area (Å²) >= 11 is 0. The van der Waals surface area contributed by atoms with Crippen LogP contribution in [0.25, 0.3) is 0 Å². The summed E-state index contributed by atoms with van der Waals surface area (Å²) in [6.45, 7) is 8.53. The fourth-order valence-corrected chi connectivity index (χ4v) is 5.19. The number of benzene rings is 1. The predicted molar refractivity (Wildman–Crippen MR) is 92.9 cm³/mol. The molecule has 3 rings (SSSR count). The normalized spacial score (nSPS) is 25.4. The average Bonchev–Trinajstić information content (AvgIpc) is 2.75. The van der Waals surface area contributed by atoms with Gasteiger partial charge in [-0.2, -0.15) is 0 Å². The van der Waals surface area contributed by atoms with E-state index >= 15 is 0 Å². The van der Waals surface area contributed by atoms with E-state index in [1.54, 1.807) is 18.7 Å². The summed E-state index contributed by atoms with van der Waals surface area (Å²) < 4.78 is 26.2. The van der Waals surface area contributed by atoms with Crippen LogP contribution in [0, 0.1) is 0 Å². The zero-order chi connectivity index (χ0) is 18.5. The standard InChI is InChI=1S/C17H23N3O4S/c1-10(2)20-17(22)14-6-5-13(9-15(14)25(20,23)24)16(21)19-8-7-18-11(3)12(19)4/h5-6,9-12,18H,7-8H2,1-4H3. The third-order valence-electron chi connectivity index (χ3n) is 4.96. The van der Waals surface area contributed by atoms with Gasteiger partial charge in [-0.1, -0.05) is 0 Å². The number of carbonyl (C=O) groups excluding carboxylic acids is 2. The molecule has 1 saturated heterocycles. The zero-order valence-electron chi connectivity index (χ0n) is 14.8. The number of hydrogen-bond donors (Lipinski definition) is 1. The molecule has 2 atom stereocenters. The fraction of sp³-hybridized carbons (Fsp3) is 0.529. The maximum atomic E-state index is 12.9. The van der Waals surface area contributed by atoms with Crippen LogP contribution in [-0.4, -0.2) is 60.7 Å². The number of fused-ring (bicyclic) bond motifs is 1. The first kappa shape index (κ1) is 17.9. The number of nitrogens with one attached hydrogen (secondary N) is 1. The van der Waals surface area contributed by atoms with E-state index < -0.39 is 22.0 Å². The number of carbonyl (C=O) groups is 2. The van der Waals surface area contributed by atoms with Crippen molar-refractivity contribution in [2.24, 2.45) is 0 Å². The predicted octanol–water partition coefficient (Wildman–Crippen LogP) is 1.06. The van der Waals surface area contributed by atoms with Crippen molar-refractivity contribution in [1.29, 1.82) is 0 Å². The van der Waals surface area contributed by atoms with Gasteiger partial charge in [0, 0.05) is 36.8 Å². The van der Waals surface area contributed by atoms with Crippen molar-refractivity contribution >= 4 is 21.8 Å². The van der Waals surface area contributed by atoms with E-state index in [4.69, 9.17) is 0 Å². The minimum absolute atomic E-state index is 0.0000869. The quantitative estimate of drug-likeness (QED) is 0.847. The highest BCUT2D eigenvalue weighted by Gasteiger charge is 2.43. The Labute approximate surface area is 148 Å². The Morgan fingerprint density at radius 3 is 2.60 bits per heavy atom. The number of hydrogen-bond acceptors (Lipinski definition) is 5. The van der Waals surface area contributed by atoms with Crippen LogP contribution >= 0.6 is 0 Å². The highest BCUT2D eigenvalue weighted by molar-refractivity contribution is 7.90. The van der Waals surface area contributed by atoms with Gasteiger partial charge in [0.2, 0.25) is 0 Å². The van der Waals surface area contributed by atoms with Gasteiger partial charge in [0.15, 0.2) is 0 Å². The highest BCUT2D eigenvalue weighted by atomic mass is 32.2. The zero-order valence-corrected chi connectivity index (χ0v) is 15.6. The van der Waals surface area contributed by atoms with Crippen LogP contribution in [-0.2, 0) is 10.0 Å². The molecule has 1 N–H and O–H groups in total. The maximum absolute atomic E-state index is 12.9. The minimum atomic E-state index is -3.91. The van der Waals surface area contributed by atoms with Crippen LogP contribution in [0.3, 0.4) is 0 Å². The van der Waals surface area contributed by atoms with Crippen molar-refractivity contribution in [1.82, 2.24) is 14.5 Å². The molecule has 0 aromatic heterocycles. The molecule has 1 aromatic rings. The minimum Gasteiger partial charge on any atom is -0.333 e. The van der Waals surface area contributed by atoms with E-state index in [0.29, 0.717) is 18.7 Å². The lowest BCUT2D eigenvalue weighted by Gasteiger charge is -2.38. The average molecular weight is 365 g/mol. The van der Waals surface area contributed by atoms with Crippen molar-refractivity contribution in [2.45, 2.75) is 50.7 Å². The van der Waals surface area contributed by atoms with Gasteiger partial charge < -0.3 is 10.2 Å². The van der Waals surface area contributed by atoms with Crippen LogP contribution in [0.5, 0.6) is 0 Å². The molecule has 2 aliphatic rings. The van der Waals surface area contributed by atoms with E-state index in [-0.39, 0.29) is 28.4 Å². The van der Waals surface area contributed by atoms with E-state index in [1.165, 1.54) is 18.2 Å². The monoisotopic (exact) mass is 365 g/mol. The number of rotatable bonds is 2. The fourth-order valence-electron chi connectivity index (χ4n) is 3.40. The Morgan fingerprint density at radius 1 is 1.28 bits per heavy atom. The van der Waals surface area contributed by atoms with Crippen LogP contribution < -0.4 is 5.32 Å². The first-order valence-corrected chi connectivity index (χ1v) is 9.87. The number of amides is 2. The van der Waals surface area contributed by atoms with Crippen LogP contribution in [0.15, 0.2) is 23.1 Å². The topological polar surface area (TPSA) is 86.8 Å². The summed E-state index contributed by atoms with van der Waals surface area (Å²) in [5.41, 5.74) is 0.425. The molecule has 2 unspecified atom stereocenters. The smallest absolute Gasteiger partial charge is 0.269 e. The van der Waals surface area contributed by atoms with E-state index in [2.05, 4.69) is 5.32 Å². The van der Waals surface area contributed by atoms with E-state index in [1.807, 2.05) is 13.8 Å². The van der Waals surface area contributed by atoms with E-state index in [0.717, 1.165) is 4.31 Å². The molecule has 8 heteroatoms. The van der Waals surface area contributed by atoms with Gasteiger partial charge in [-0.05, 0) is 45.9 Å². The molecule has 0 spiro atoms. The molecule has 2 heterocycles. The second-order valence-corrected chi connectivity index (χ2v) is 8.68. The maximum Gasteiger partial charge on any atom is 0.269 e. The SMILES string of the molecule is CC1NCCN(C(=O)c2ccc3c(c2)S(=O)(=O)N(C(C)C)C3=O)C1C. The molecule has 25 heavy (non-hydrogen) atoms. The molecule has 136 valence electrons. The van der Waals surface area contributed by atoms with Gasteiger partial charge >= 0.3 is 0 Å². The molecule has 1 aromatic carbocycles. The summed E-state index contributed by atoms with van der Waals surface area (Å²) in [7, 11) is -3.91. The van der Waals surface area contributed by atoms with Crippen LogP contribution in [0.4, 0.5) is 0 Å². The molecule has 1 fully saturated rings. The van der Waals surface area contributed by atoms with Crippen molar-refractivity contribution in [2.75, 3.05) is 13.1 Å². The van der Waals surface area contributed by atoms with Crippen molar-refractivity contribution < 1.29 is 18.0 Å². The Morgan fingerprint density at radius 2 is 1.96 bits per heavy atom. The van der Waals surface area contributed by atoms with Gasteiger partial charge in [-0.3, -0.25) is 9.59 Å². The van der Waals surface area contributed by atoms with Gasteiger partial charge in [0.1, 0.15) is 4.90 Å².